The molecule has 4 heterocycles. The lowest BCUT2D eigenvalue weighted by atomic mass is 10.2. The molecule has 156 valence electrons. The molecule has 1 aliphatic carbocycles. The van der Waals surface area contributed by atoms with Gasteiger partial charge in [-0.15, -0.1) is 0 Å². The maximum atomic E-state index is 4.92. The van der Waals surface area contributed by atoms with E-state index in [2.05, 4.69) is 67.2 Å². The number of fused-ring (bicyclic) bond motifs is 1. The summed E-state index contributed by atoms with van der Waals surface area (Å²) in [5.41, 5.74) is 5.01. The number of hydrogen-bond donors (Lipinski definition) is 2. The van der Waals surface area contributed by atoms with Gasteiger partial charge >= 0.3 is 0 Å². The van der Waals surface area contributed by atoms with Crippen LogP contribution in [-0.2, 0) is 6.54 Å². The topological polar surface area (TPSA) is 87.0 Å². The average molecular weight is 423 g/mol. The van der Waals surface area contributed by atoms with Crippen molar-refractivity contribution in [3.63, 3.8) is 0 Å². The largest absolute Gasteiger partial charge is 0.328 e. The van der Waals surface area contributed by atoms with Crippen LogP contribution in [0.1, 0.15) is 50.9 Å². The molecule has 2 N–H and O–H groups in total. The van der Waals surface area contributed by atoms with Gasteiger partial charge in [0, 0.05) is 36.5 Å². The summed E-state index contributed by atoms with van der Waals surface area (Å²) in [6.07, 6.45) is 10.1. The highest BCUT2D eigenvalue weighted by atomic mass is 32.1. The summed E-state index contributed by atoms with van der Waals surface area (Å²) in [4.78, 5) is 12.0. The molecule has 0 atom stereocenters. The van der Waals surface area contributed by atoms with E-state index >= 15 is 0 Å². The van der Waals surface area contributed by atoms with Crippen LogP contribution in [0.2, 0.25) is 0 Å². The van der Waals surface area contributed by atoms with E-state index in [-0.39, 0.29) is 0 Å². The van der Waals surface area contributed by atoms with Gasteiger partial charge in [-0.1, -0.05) is 6.92 Å². The summed E-state index contributed by atoms with van der Waals surface area (Å²) < 4.78 is 6.77. The van der Waals surface area contributed by atoms with E-state index in [1.54, 1.807) is 0 Å². The third-order valence-electron chi connectivity index (χ3n) is 5.60. The first-order chi connectivity index (χ1) is 14.6. The number of anilines is 2. The van der Waals surface area contributed by atoms with Crippen molar-refractivity contribution < 1.29 is 0 Å². The fourth-order valence-corrected chi connectivity index (χ4v) is 4.36. The molecule has 0 spiro atoms. The van der Waals surface area contributed by atoms with E-state index in [4.69, 9.17) is 4.98 Å². The Morgan fingerprint density at radius 2 is 2.20 bits per heavy atom. The minimum Gasteiger partial charge on any atom is -0.328 e. The molecule has 0 aliphatic heterocycles. The van der Waals surface area contributed by atoms with Crippen LogP contribution < -0.4 is 5.32 Å². The Balaban J connectivity index is 1.47. The highest BCUT2D eigenvalue weighted by Gasteiger charge is 2.27. The number of nitrogens with one attached hydrogen (secondary N) is 2. The predicted molar refractivity (Wildman–Crippen MR) is 119 cm³/mol. The van der Waals surface area contributed by atoms with Gasteiger partial charge in [0.2, 0.25) is 0 Å². The van der Waals surface area contributed by atoms with Crippen LogP contribution in [0, 0.1) is 0 Å². The maximum absolute atomic E-state index is 4.92. The zero-order valence-corrected chi connectivity index (χ0v) is 18.3. The fourth-order valence-electron chi connectivity index (χ4n) is 3.70. The summed E-state index contributed by atoms with van der Waals surface area (Å²) in [5.74, 6) is 1.32. The van der Waals surface area contributed by atoms with E-state index in [1.807, 2.05) is 18.6 Å². The molecule has 0 aromatic carbocycles. The van der Waals surface area contributed by atoms with Gasteiger partial charge in [-0.25, -0.2) is 9.97 Å². The van der Waals surface area contributed by atoms with Gasteiger partial charge in [-0.3, -0.25) is 14.4 Å². The molecular weight excluding hydrogens is 396 g/mol. The van der Waals surface area contributed by atoms with Gasteiger partial charge in [0.1, 0.15) is 5.00 Å². The summed E-state index contributed by atoms with van der Waals surface area (Å²) in [6, 6.07) is 2.62. The van der Waals surface area contributed by atoms with E-state index in [1.165, 1.54) is 24.4 Å². The molecule has 4 aromatic heterocycles. The first-order valence-corrected chi connectivity index (χ1v) is 11.2. The van der Waals surface area contributed by atoms with Crippen LogP contribution in [-0.4, -0.2) is 46.4 Å². The van der Waals surface area contributed by atoms with Gasteiger partial charge in [0.25, 0.3) is 0 Å². The van der Waals surface area contributed by atoms with E-state index in [0.29, 0.717) is 12.0 Å². The van der Waals surface area contributed by atoms with Gasteiger partial charge < -0.3 is 5.32 Å². The number of rotatable bonds is 8. The second-order valence-corrected chi connectivity index (χ2v) is 8.88. The number of hydrogen-bond acceptors (Lipinski definition) is 7. The molecule has 5 rings (SSSR count). The van der Waals surface area contributed by atoms with Gasteiger partial charge in [-0.2, -0.15) is 9.47 Å². The molecule has 1 saturated carbocycles. The molecular formula is C21H26N8S. The lowest BCUT2D eigenvalue weighted by Gasteiger charge is -2.23. The standard InChI is InChI=1S/C21H26N8S/c1-4-28(13(2)3)11-16-7-19(30-27-16)26-20-21-22-10-18(15-8-23-24-9-15)29(21)12-17(25-20)14-5-6-14/h7-10,12-14H,4-6,11H2,1-3H3,(H,23,24)(H,25,26). The Hall–Kier alpha value is -2.78. The quantitative estimate of drug-likeness (QED) is 0.437. The molecule has 8 nitrogen and oxygen atoms in total. The number of H-pyrrole nitrogens is 1. The summed E-state index contributed by atoms with van der Waals surface area (Å²) >= 11 is 1.47. The van der Waals surface area contributed by atoms with Crippen molar-refractivity contribution in [2.75, 3.05) is 11.9 Å². The van der Waals surface area contributed by atoms with Crippen molar-refractivity contribution in [2.24, 2.45) is 0 Å². The number of imidazole rings is 1. The lowest BCUT2D eigenvalue weighted by Crippen LogP contribution is -2.29. The maximum Gasteiger partial charge on any atom is 0.180 e. The van der Waals surface area contributed by atoms with Crippen molar-refractivity contribution >= 4 is 28.0 Å². The third-order valence-corrected chi connectivity index (χ3v) is 6.35. The van der Waals surface area contributed by atoms with Crippen LogP contribution in [0.4, 0.5) is 10.8 Å². The minimum absolute atomic E-state index is 0.496. The van der Waals surface area contributed by atoms with Crippen molar-refractivity contribution in [2.45, 2.75) is 52.1 Å². The molecule has 0 unspecified atom stereocenters. The number of aromatic amines is 1. The van der Waals surface area contributed by atoms with Crippen molar-refractivity contribution in [3.8, 4) is 11.3 Å². The second-order valence-electron chi connectivity index (χ2n) is 8.08. The van der Waals surface area contributed by atoms with Crippen LogP contribution in [0.5, 0.6) is 0 Å². The predicted octanol–water partition coefficient (Wildman–Crippen LogP) is 4.43. The Bertz CT molecular complexity index is 1140. The van der Waals surface area contributed by atoms with Gasteiger partial charge in [0.05, 0.1) is 29.5 Å². The van der Waals surface area contributed by atoms with Crippen LogP contribution in [0.25, 0.3) is 16.9 Å². The summed E-state index contributed by atoms with van der Waals surface area (Å²) in [5, 5.41) is 11.4. The Kier molecular flexibility index (Phi) is 5.00. The van der Waals surface area contributed by atoms with Crippen molar-refractivity contribution in [1.82, 2.24) is 33.8 Å². The minimum atomic E-state index is 0.496. The van der Waals surface area contributed by atoms with E-state index in [0.717, 1.165) is 52.2 Å². The first-order valence-electron chi connectivity index (χ1n) is 10.5. The highest BCUT2D eigenvalue weighted by Crippen LogP contribution is 2.40. The first kappa shape index (κ1) is 19.2. The van der Waals surface area contributed by atoms with Gasteiger partial charge in [-0.05, 0) is 50.8 Å². The SMILES string of the molecule is CCN(Cc1cc(Nc2nc(C3CC3)cn3c(-c4cn[nH]c4)cnc23)sn1)C(C)C. The summed E-state index contributed by atoms with van der Waals surface area (Å²) in [7, 11) is 0. The Morgan fingerprint density at radius 3 is 2.90 bits per heavy atom. The number of aromatic nitrogens is 6. The van der Waals surface area contributed by atoms with Crippen LogP contribution in [0.3, 0.4) is 0 Å². The Labute approximate surface area is 179 Å². The zero-order chi connectivity index (χ0) is 20.7. The molecule has 1 fully saturated rings. The van der Waals surface area contributed by atoms with Gasteiger partial charge in [0.15, 0.2) is 11.5 Å². The second kappa shape index (κ2) is 7.81. The Morgan fingerprint density at radius 1 is 1.33 bits per heavy atom. The molecule has 0 radical (unpaired) electrons. The van der Waals surface area contributed by atoms with Crippen molar-refractivity contribution in [3.05, 3.63) is 42.2 Å². The third kappa shape index (κ3) is 3.70. The average Bonchev–Trinajstić information content (AvgIpc) is 3.11. The van der Waals surface area contributed by atoms with Crippen LogP contribution in [0.15, 0.2) is 30.9 Å². The summed E-state index contributed by atoms with van der Waals surface area (Å²) in [6.45, 7) is 8.48. The van der Waals surface area contributed by atoms with E-state index < -0.39 is 0 Å². The molecule has 0 amide bonds. The van der Waals surface area contributed by atoms with Crippen molar-refractivity contribution in [1.29, 1.82) is 0 Å². The molecule has 1 aliphatic rings. The molecule has 30 heavy (non-hydrogen) atoms. The lowest BCUT2D eigenvalue weighted by molar-refractivity contribution is 0.223. The zero-order valence-electron chi connectivity index (χ0n) is 17.5. The molecule has 4 aromatic rings. The molecule has 0 saturated heterocycles. The normalized spacial score (nSPS) is 14.3. The molecule has 9 heteroatoms. The molecule has 0 bridgehead atoms. The smallest absolute Gasteiger partial charge is 0.180 e. The van der Waals surface area contributed by atoms with Crippen LogP contribution >= 0.6 is 11.5 Å². The monoisotopic (exact) mass is 422 g/mol. The highest BCUT2D eigenvalue weighted by molar-refractivity contribution is 7.10. The number of nitrogens with zero attached hydrogens (tertiary/aromatic N) is 6. The fraction of sp³-hybridized carbons (Fsp3) is 0.429. The van der Waals surface area contributed by atoms with E-state index in [9.17, 15) is 0 Å².